The van der Waals surface area contributed by atoms with Crippen LogP contribution >= 0.6 is 23.1 Å². The van der Waals surface area contributed by atoms with E-state index in [1.54, 1.807) is 35.5 Å². The third kappa shape index (κ3) is 7.02. The maximum Gasteiger partial charge on any atom is 0.372 e. The Morgan fingerprint density at radius 1 is 0.667 bits per heavy atom. The van der Waals surface area contributed by atoms with Gasteiger partial charge in [-0.15, -0.1) is 0 Å². The quantitative estimate of drug-likeness (QED) is 0.0737. The zero-order valence-electron chi connectivity index (χ0n) is 35.6. The number of rotatable bonds is 10. The summed E-state index contributed by atoms with van der Waals surface area (Å²) in [5.74, 6) is 1.02. The minimum absolute atomic E-state index is 0.00772. The minimum atomic E-state index is -0.456. The monoisotopic (exact) mass is 910 g/mol. The van der Waals surface area contributed by atoms with Crippen LogP contribution in [0.15, 0.2) is 166 Å². The summed E-state index contributed by atoms with van der Waals surface area (Å²) in [5, 5.41) is 15.2. The molecule has 12 nitrogen and oxygen atoms in total. The van der Waals surface area contributed by atoms with Crippen LogP contribution in [0.2, 0.25) is 0 Å². The average molecular weight is 911 g/mol. The van der Waals surface area contributed by atoms with Crippen molar-refractivity contribution in [3.05, 3.63) is 166 Å². The van der Waals surface area contributed by atoms with Crippen LogP contribution in [-0.4, -0.2) is 37.5 Å². The van der Waals surface area contributed by atoms with Crippen LogP contribution in [0.25, 0.3) is 16.3 Å². The number of nitrogens with zero attached hydrogens (tertiary/aromatic N) is 4. The molecule has 3 aliphatic heterocycles. The van der Waals surface area contributed by atoms with Gasteiger partial charge in [0.25, 0.3) is 5.01 Å². The number of allylic oxidation sites excluding steroid dienone is 3. The van der Waals surface area contributed by atoms with E-state index in [0.717, 1.165) is 54.9 Å². The summed E-state index contributed by atoms with van der Waals surface area (Å²) >= 11 is 2.73. The van der Waals surface area contributed by atoms with Crippen molar-refractivity contribution in [3.63, 3.8) is 0 Å². The van der Waals surface area contributed by atoms with Crippen molar-refractivity contribution in [3.8, 4) is 23.0 Å². The molecule has 66 heavy (non-hydrogen) atoms. The van der Waals surface area contributed by atoms with Gasteiger partial charge in [-0.25, -0.2) is 4.79 Å². The molecule has 0 fully saturated rings. The third-order valence-electron chi connectivity index (χ3n) is 11.5. The van der Waals surface area contributed by atoms with E-state index in [-0.39, 0.29) is 37.4 Å². The van der Waals surface area contributed by atoms with Crippen LogP contribution in [0.5, 0.6) is 23.0 Å². The van der Waals surface area contributed by atoms with E-state index in [4.69, 9.17) is 18.9 Å². The lowest BCUT2D eigenvalue weighted by Gasteiger charge is -2.33. The van der Waals surface area contributed by atoms with E-state index in [1.807, 2.05) is 133 Å². The van der Waals surface area contributed by atoms with Crippen molar-refractivity contribution in [2.75, 3.05) is 34.5 Å². The number of anilines is 7. The Morgan fingerprint density at radius 2 is 1.20 bits per heavy atom. The van der Waals surface area contributed by atoms with Gasteiger partial charge in [0.2, 0.25) is 12.1 Å². The van der Waals surface area contributed by atoms with Gasteiger partial charge in [-0.1, -0.05) is 77.4 Å². The molecule has 4 heterocycles. The highest BCUT2D eigenvalue weighted by Gasteiger charge is 2.35. The van der Waals surface area contributed by atoms with Crippen molar-refractivity contribution in [2.45, 2.75) is 25.3 Å². The first-order valence-electron chi connectivity index (χ1n) is 21.4. The summed E-state index contributed by atoms with van der Waals surface area (Å²) in [6.45, 7) is 3.60. The number of Topliss-reactive ketones (excluding diaryl/α,β-unsaturated/α-hetero) is 1. The number of hydrogen-bond donors (Lipinski definition) is 0. The van der Waals surface area contributed by atoms with Gasteiger partial charge in [0.1, 0.15) is 11.2 Å². The van der Waals surface area contributed by atoms with Crippen molar-refractivity contribution >= 4 is 96.9 Å². The molecule has 0 atom stereocenters. The highest BCUT2D eigenvalue weighted by molar-refractivity contribution is 8.03. The fraction of sp³-hybridized carbons (Fsp3) is 0.115. The molecule has 0 spiro atoms. The molecular formula is C52H38N4O8S2. The predicted molar refractivity (Wildman–Crippen MR) is 253 cm³/mol. The second-order valence-electron chi connectivity index (χ2n) is 15.5. The fourth-order valence-corrected chi connectivity index (χ4v) is 10.7. The van der Waals surface area contributed by atoms with Crippen LogP contribution in [0.3, 0.4) is 0 Å². The second-order valence-corrected chi connectivity index (χ2v) is 17.6. The van der Waals surface area contributed by atoms with E-state index >= 15 is 0 Å². The summed E-state index contributed by atoms with van der Waals surface area (Å²) in [5.41, 5.74) is 6.50. The van der Waals surface area contributed by atoms with Crippen LogP contribution in [-0.2, 0) is 30.4 Å². The molecule has 1 aliphatic carbocycles. The van der Waals surface area contributed by atoms with Gasteiger partial charge in [-0.3, -0.25) is 9.59 Å². The number of carbonyl (C=O) groups excluding carboxylic acids is 3. The molecular weight excluding hydrogens is 873 g/mol. The lowest BCUT2D eigenvalue weighted by molar-refractivity contribution is -0.657. The number of para-hydroxylation sites is 8. The Labute approximate surface area is 387 Å². The molecule has 0 saturated carbocycles. The average Bonchev–Trinajstić information content (AvgIpc) is 3.85. The molecule has 4 aliphatic rings. The molecule has 0 unspecified atom stereocenters. The third-order valence-corrected chi connectivity index (χ3v) is 13.7. The first kappa shape index (κ1) is 40.9. The van der Waals surface area contributed by atoms with Gasteiger partial charge in [0.05, 0.1) is 52.4 Å². The lowest BCUT2D eigenvalue weighted by atomic mass is 9.88. The molecule has 0 radical (unpaired) electrons. The maximum absolute atomic E-state index is 14.1. The van der Waals surface area contributed by atoms with Crippen LogP contribution in [0.4, 0.5) is 39.8 Å². The smallest absolute Gasteiger partial charge is 0.372 e. The number of fused-ring (bicyclic) bond motifs is 6. The number of aromatic nitrogens is 1. The van der Waals surface area contributed by atoms with Crippen LogP contribution in [0, 0.1) is 0 Å². The van der Waals surface area contributed by atoms with Gasteiger partial charge in [-0.2, -0.15) is 4.57 Å². The van der Waals surface area contributed by atoms with Crippen LogP contribution in [0.1, 0.15) is 18.9 Å². The van der Waals surface area contributed by atoms with Crippen molar-refractivity contribution in [1.82, 2.24) is 0 Å². The van der Waals surface area contributed by atoms with Gasteiger partial charge in [0.15, 0.2) is 28.8 Å². The Kier molecular flexibility index (Phi) is 10.3. The molecule has 6 aromatic carbocycles. The number of carbonyl (C=O) groups is 3. The number of hydrogen-bond acceptors (Lipinski definition) is 13. The summed E-state index contributed by atoms with van der Waals surface area (Å²) in [6.07, 6.45) is 3.12. The Balaban J connectivity index is 0.959. The summed E-state index contributed by atoms with van der Waals surface area (Å²) in [4.78, 5) is 47.2. The van der Waals surface area contributed by atoms with E-state index in [1.165, 1.54) is 23.1 Å². The number of benzene rings is 6. The number of thioether (sulfide) groups is 1. The first-order valence-corrected chi connectivity index (χ1v) is 23.0. The van der Waals surface area contributed by atoms with Crippen LogP contribution < -0.4 is 33.8 Å². The van der Waals surface area contributed by atoms with E-state index < -0.39 is 23.5 Å². The van der Waals surface area contributed by atoms with Gasteiger partial charge in [0, 0.05) is 33.9 Å². The second kappa shape index (κ2) is 16.6. The molecule has 0 amide bonds. The first-order chi connectivity index (χ1) is 32.3. The molecule has 7 aromatic rings. The minimum Gasteiger partial charge on any atom is -0.871 e. The van der Waals surface area contributed by atoms with E-state index in [9.17, 15) is 19.5 Å². The fourth-order valence-electron chi connectivity index (χ4n) is 8.58. The number of esters is 2. The Bertz CT molecular complexity index is 3190. The Hall–Kier alpha value is -7.81. The molecule has 11 rings (SSSR count). The van der Waals surface area contributed by atoms with Crippen molar-refractivity contribution < 1.29 is 43.0 Å². The standard InChI is InChI=1S/C52H38N4O8S2/c1-3-61-49(57)29-53-39-25-31(55-35-13-5-9-17-41(35)63-42-18-10-6-14-36(42)55)21-23-45(39)65-47(53)27-33-51(59)34(52(33)60)28-48-54(30-50(58)62-4-2)40-26-32(22-24-46(40)66-48)56-37-15-7-11-19-43(37)64-44-20-12-8-16-38(44)56/h5-28H,3-4,29-30H2,1-2H3. The maximum atomic E-state index is 14.1. The number of ether oxygens (including phenoxy) is 4. The van der Waals surface area contributed by atoms with Gasteiger partial charge in [-0.05, 0) is 98.8 Å². The molecule has 14 heteroatoms. The highest BCUT2D eigenvalue weighted by Crippen LogP contribution is 2.54. The van der Waals surface area contributed by atoms with Gasteiger partial charge < -0.3 is 38.8 Å². The summed E-state index contributed by atoms with van der Waals surface area (Å²) < 4.78 is 25.9. The van der Waals surface area contributed by atoms with Gasteiger partial charge >= 0.3 is 11.9 Å². The number of thiazole rings is 1. The SMILES string of the molecule is CCOC(=O)CN1/C(=C/C2=C([O-])C(=C/c3sc4ccc(N5c6ccccc6Oc6ccccc65)cc4[n+]3CC(=O)OCC)/C2=O)Sc2ccc(N3c4ccccc4Oc4ccccc43)cc21. The topological polar surface area (TPSA) is 125 Å². The van der Waals surface area contributed by atoms with E-state index in [0.29, 0.717) is 33.0 Å². The number of ketones is 1. The zero-order chi connectivity index (χ0) is 45.1. The summed E-state index contributed by atoms with van der Waals surface area (Å²) in [6, 6.07) is 43.1. The van der Waals surface area contributed by atoms with Crippen molar-refractivity contribution in [1.29, 1.82) is 0 Å². The van der Waals surface area contributed by atoms with Crippen molar-refractivity contribution in [2.24, 2.45) is 0 Å². The Morgan fingerprint density at radius 3 is 1.76 bits per heavy atom. The highest BCUT2D eigenvalue weighted by atomic mass is 32.2. The molecule has 0 bridgehead atoms. The molecule has 0 saturated heterocycles. The largest absolute Gasteiger partial charge is 0.871 e. The molecule has 0 N–H and O–H groups in total. The molecule has 1 aromatic heterocycles. The lowest BCUT2D eigenvalue weighted by Crippen LogP contribution is -2.40. The summed E-state index contributed by atoms with van der Waals surface area (Å²) in [7, 11) is 0. The normalized spacial score (nSPS) is 15.7. The molecule has 326 valence electrons. The zero-order valence-corrected chi connectivity index (χ0v) is 37.2. The predicted octanol–water partition coefficient (Wildman–Crippen LogP) is 10.5. The van der Waals surface area contributed by atoms with E-state index in [2.05, 4.69) is 9.80 Å².